The lowest BCUT2D eigenvalue weighted by atomic mass is 9.81. The lowest BCUT2D eigenvalue weighted by molar-refractivity contribution is -0.128. The molecule has 0 bridgehead atoms. The van der Waals surface area contributed by atoms with Crippen LogP contribution in [-0.2, 0) is 11.2 Å². The van der Waals surface area contributed by atoms with Crippen LogP contribution in [0.2, 0.25) is 0 Å². The van der Waals surface area contributed by atoms with Crippen LogP contribution in [0.3, 0.4) is 0 Å². The van der Waals surface area contributed by atoms with Crippen molar-refractivity contribution in [3.8, 4) is 11.5 Å². The second kappa shape index (κ2) is 9.40. The van der Waals surface area contributed by atoms with Gasteiger partial charge in [-0.05, 0) is 75.1 Å². The maximum absolute atomic E-state index is 12.3. The Hall–Kier alpha value is -2.89. The van der Waals surface area contributed by atoms with Crippen LogP contribution in [0.5, 0.6) is 11.5 Å². The van der Waals surface area contributed by atoms with Crippen LogP contribution in [0, 0.1) is 26.7 Å². The van der Waals surface area contributed by atoms with Gasteiger partial charge in [0.2, 0.25) is 5.91 Å². The third-order valence-electron chi connectivity index (χ3n) is 7.89. The largest absolute Gasteiger partial charge is 0.497 e. The fraction of sp³-hybridized carbons (Fsp3) is 0.536. The Morgan fingerprint density at radius 3 is 2.24 bits per heavy atom. The molecule has 1 fully saturated rings. The van der Waals surface area contributed by atoms with E-state index in [0.717, 1.165) is 56.9 Å². The number of hydrogen-bond acceptors (Lipinski definition) is 5. The van der Waals surface area contributed by atoms with Crippen LogP contribution in [0.4, 0.5) is 11.4 Å². The molecule has 2 aliphatic heterocycles. The summed E-state index contributed by atoms with van der Waals surface area (Å²) in [7, 11) is 1.70. The molecule has 2 N–H and O–H groups in total. The molecule has 2 aromatic rings. The number of hydrogen-bond donors (Lipinski definition) is 1. The third kappa shape index (κ3) is 4.19. The number of amides is 1. The zero-order valence-electron chi connectivity index (χ0n) is 21.5. The molecular weight excluding hydrogens is 426 g/mol. The number of nitrogens with two attached hydrogens (primary N) is 1. The number of piperazine rings is 1. The first-order chi connectivity index (χ1) is 16.2. The molecule has 2 atom stereocenters. The molecule has 0 saturated carbocycles. The summed E-state index contributed by atoms with van der Waals surface area (Å²) in [6.45, 7) is 14.6. The van der Waals surface area contributed by atoms with E-state index < -0.39 is 5.60 Å². The van der Waals surface area contributed by atoms with Crippen molar-refractivity contribution in [1.82, 2.24) is 0 Å². The molecule has 1 amide bonds. The minimum absolute atomic E-state index is 0.265. The molecule has 0 spiro atoms. The van der Waals surface area contributed by atoms with Crippen LogP contribution in [-0.4, -0.2) is 44.8 Å². The van der Waals surface area contributed by atoms with Crippen LogP contribution in [0.1, 0.15) is 48.9 Å². The predicted octanol–water partition coefficient (Wildman–Crippen LogP) is 4.54. The first kappa shape index (κ1) is 24.2. The molecule has 2 unspecified atom stereocenters. The van der Waals surface area contributed by atoms with E-state index in [2.05, 4.69) is 56.6 Å². The van der Waals surface area contributed by atoms with Crippen molar-refractivity contribution in [2.24, 2.45) is 11.7 Å². The van der Waals surface area contributed by atoms with Gasteiger partial charge in [0, 0.05) is 49.5 Å². The van der Waals surface area contributed by atoms with Crippen molar-refractivity contribution in [3.63, 3.8) is 0 Å². The molecule has 2 aliphatic rings. The summed E-state index contributed by atoms with van der Waals surface area (Å²) in [6, 6.07) is 8.31. The minimum Gasteiger partial charge on any atom is -0.497 e. The minimum atomic E-state index is -0.585. The topological polar surface area (TPSA) is 68.0 Å². The summed E-state index contributed by atoms with van der Waals surface area (Å²) in [6.07, 6.45) is 2.38. The number of fused-ring (bicyclic) bond motifs is 1. The second-order valence-electron chi connectivity index (χ2n) is 10.0. The molecule has 1 saturated heterocycles. The molecular formula is C28H39N3O3. The summed E-state index contributed by atoms with van der Waals surface area (Å²) < 4.78 is 11.9. The van der Waals surface area contributed by atoms with Crippen LogP contribution < -0.4 is 25.0 Å². The highest BCUT2D eigenvalue weighted by molar-refractivity contribution is 5.79. The zero-order valence-corrected chi connectivity index (χ0v) is 21.5. The van der Waals surface area contributed by atoms with Gasteiger partial charge in [-0.3, -0.25) is 4.79 Å². The number of rotatable bonds is 7. The fourth-order valence-corrected chi connectivity index (χ4v) is 5.83. The van der Waals surface area contributed by atoms with E-state index in [1.54, 1.807) is 7.11 Å². The van der Waals surface area contributed by atoms with Crippen LogP contribution in [0.25, 0.3) is 0 Å². The maximum atomic E-state index is 12.3. The average molecular weight is 466 g/mol. The van der Waals surface area contributed by atoms with E-state index in [-0.39, 0.29) is 11.8 Å². The number of nitrogens with zero attached hydrogens (tertiary/aromatic N) is 2. The molecule has 184 valence electrons. The lowest BCUT2D eigenvalue weighted by Crippen LogP contribution is -2.47. The van der Waals surface area contributed by atoms with E-state index in [4.69, 9.17) is 15.2 Å². The molecule has 2 aromatic carbocycles. The smallest absolute Gasteiger partial charge is 0.224 e. The number of methoxy groups -OCH3 is 1. The van der Waals surface area contributed by atoms with Gasteiger partial charge >= 0.3 is 0 Å². The number of anilines is 2. The molecule has 0 aliphatic carbocycles. The van der Waals surface area contributed by atoms with E-state index in [1.165, 1.54) is 33.6 Å². The number of carbonyl (C=O) groups excluding carboxylic acids is 1. The highest BCUT2D eigenvalue weighted by Crippen LogP contribution is 2.48. The van der Waals surface area contributed by atoms with Crippen molar-refractivity contribution >= 4 is 17.3 Å². The quantitative estimate of drug-likeness (QED) is 0.650. The van der Waals surface area contributed by atoms with Gasteiger partial charge in [-0.1, -0.05) is 13.3 Å². The Morgan fingerprint density at radius 2 is 1.68 bits per heavy atom. The van der Waals surface area contributed by atoms with Crippen molar-refractivity contribution in [1.29, 1.82) is 0 Å². The Morgan fingerprint density at radius 1 is 1.06 bits per heavy atom. The second-order valence-corrected chi connectivity index (χ2v) is 10.0. The third-order valence-corrected chi connectivity index (χ3v) is 7.89. The standard InChI is InChI=1S/C28H39N3O3/c1-7-8-24(27(29)32)28(5)17-23-20(4)25(18(2)19(3)26(23)34-28)31-15-13-30(14-16-31)21-9-11-22(33-6)12-10-21/h9-12,24H,7-8,13-17H2,1-6H3,(H2,29,32). The summed E-state index contributed by atoms with van der Waals surface area (Å²) in [5.41, 5.74) is 12.7. The summed E-state index contributed by atoms with van der Waals surface area (Å²) >= 11 is 0. The van der Waals surface area contributed by atoms with Gasteiger partial charge in [-0.15, -0.1) is 0 Å². The normalized spacial score (nSPS) is 20.6. The SMILES string of the molecule is CCCC(C(N)=O)C1(C)Cc2c(C)c(N3CCN(c4ccc(OC)cc4)CC3)c(C)c(C)c2O1. The van der Waals surface area contributed by atoms with Gasteiger partial charge in [-0.2, -0.15) is 0 Å². The first-order valence-corrected chi connectivity index (χ1v) is 12.4. The van der Waals surface area contributed by atoms with Crippen LogP contribution >= 0.6 is 0 Å². The number of benzene rings is 2. The highest BCUT2D eigenvalue weighted by Gasteiger charge is 2.46. The van der Waals surface area contributed by atoms with Gasteiger partial charge in [0.05, 0.1) is 13.0 Å². The summed E-state index contributed by atoms with van der Waals surface area (Å²) in [4.78, 5) is 17.2. The van der Waals surface area contributed by atoms with Gasteiger partial charge in [0.25, 0.3) is 0 Å². The number of primary amides is 1. The van der Waals surface area contributed by atoms with E-state index in [9.17, 15) is 4.79 Å². The van der Waals surface area contributed by atoms with Gasteiger partial charge in [-0.25, -0.2) is 0 Å². The van der Waals surface area contributed by atoms with Crippen molar-refractivity contribution in [2.75, 3.05) is 43.1 Å². The predicted molar refractivity (Wildman–Crippen MR) is 138 cm³/mol. The van der Waals surface area contributed by atoms with Crippen LogP contribution in [0.15, 0.2) is 24.3 Å². The average Bonchev–Trinajstić information content (AvgIpc) is 3.20. The molecule has 4 rings (SSSR count). The molecule has 6 nitrogen and oxygen atoms in total. The van der Waals surface area contributed by atoms with E-state index >= 15 is 0 Å². The zero-order chi connectivity index (χ0) is 24.6. The fourth-order valence-electron chi connectivity index (χ4n) is 5.83. The molecule has 34 heavy (non-hydrogen) atoms. The Labute approximate surface area is 204 Å². The summed E-state index contributed by atoms with van der Waals surface area (Å²) in [5.74, 6) is 1.29. The molecule has 0 aromatic heterocycles. The van der Waals surface area contributed by atoms with E-state index in [1.807, 2.05) is 12.1 Å². The van der Waals surface area contributed by atoms with Gasteiger partial charge < -0.3 is 25.0 Å². The Kier molecular flexibility index (Phi) is 6.70. The Balaban J connectivity index is 1.58. The van der Waals surface area contributed by atoms with Crippen molar-refractivity contribution in [2.45, 2.75) is 59.5 Å². The van der Waals surface area contributed by atoms with Crippen molar-refractivity contribution < 1.29 is 14.3 Å². The highest BCUT2D eigenvalue weighted by atomic mass is 16.5. The lowest BCUT2D eigenvalue weighted by Gasteiger charge is -2.39. The molecule has 0 radical (unpaired) electrons. The van der Waals surface area contributed by atoms with Gasteiger partial charge in [0.1, 0.15) is 17.1 Å². The number of carbonyl (C=O) groups is 1. The maximum Gasteiger partial charge on any atom is 0.224 e. The number of ether oxygens (including phenoxy) is 2. The monoisotopic (exact) mass is 465 g/mol. The molecule has 2 heterocycles. The first-order valence-electron chi connectivity index (χ1n) is 12.4. The van der Waals surface area contributed by atoms with Crippen molar-refractivity contribution in [3.05, 3.63) is 46.5 Å². The summed E-state index contributed by atoms with van der Waals surface area (Å²) in [5, 5.41) is 0. The van der Waals surface area contributed by atoms with E-state index in [0.29, 0.717) is 0 Å². The Bertz CT molecular complexity index is 1060. The van der Waals surface area contributed by atoms with Gasteiger partial charge in [0.15, 0.2) is 0 Å². The molecule has 6 heteroatoms.